The summed E-state index contributed by atoms with van der Waals surface area (Å²) in [6.07, 6.45) is 2.72. The van der Waals surface area contributed by atoms with Crippen LogP contribution in [0.1, 0.15) is 28.8 Å². The molecule has 1 atom stereocenters. The van der Waals surface area contributed by atoms with Crippen molar-refractivity contribution < 1.29 is 9.53 Å². The average Bonchev–Trinajstić information content (AvgIpc) is 2.94. The van der Waals surface area contributed by atoms with E-state index in [4.69, 9.17) is 4.74 Å². The third kappa shape index (κ3) is 2.43. The summed E-state index contributed by atoms with van der Waals surface area (Å²) in [5.41, 5.74) is 4.68. The third-order valence-electron chi connectivity index (χ3n) is 6.17. The molecule has 3 fully saturated rings. The minimum Gasteiger partial charge on any atom is -0.489 e. The summed E-state index contributed by atoms with van der Waals surface area (Å²) in [6, 6.07) is 12.1. The van der Waals surface area contributed by atoms with Gasteiger partial charge in [0.15, 0.2) is 5.78 Å². The molecule has 0 radical (unpaired) electrons. The Labute approximate surface area is 154 Å². The molecular weight excluding hydrogens is 324 g/mol. The van der Waals surface area contributed by atoms with Crippen LogP contribution in [0.2, 0.25) is 0 Å². The fourth-order valence-corrected chi connectivity index (χ4v) is 4.62. The molecule has 0 spiro atoms. The van der Waals surface area contributed by atoms with E-state index in [1.165, 1.54) is 25.9 Å². The zero-order valence-electron chi connectivity index (χ0n) is 15.4. The highest BCUT2D eigenvalue weighted by atomic mass is 16.5. The second-order valence-electron chi connectivity index (χ2n) is 7.96. The number of hydrogen-bond acceptors (Lipinski definition) is 4. The van der Waals surface area contributed by atoms with E-state index >= 15 is 0 Å². The summed E-state index contributed by atoms with van der Waals surface area (Å²) in [6.45, 7) is 3.43. The van der Waals surface area contributed by atoms with E-state index in [2.05, 4.69) is 17.0 Å². The van der Waals surface area contributed by atoms with Gasteiger partial charge in [-0.2, -0.15) is 0 Å². The fraction of sp³-hybridized carbons (Fsp3) is 0.409. The average molecular weight is 348 g/mol. The molecule has 2 aromatic carbocycles. The van der Waals surface area contributed by atoms with E-state index < -0.39 is 0 Å². The number of benzene rings is 2. The van der Waals surface area contributed by atoms with E-state index in [9.17, 15) is 4.79 Å². The van der Waals surface area contributed by atoms with Crippen molar-refractivity contribution in [3.8, 4) is 16.9 Å². The van der Waals surface area contributed by atoms with E-state index in [0.29, 0.717) is 5.92 Å². The Kier molecular flexibility index (Phi) is 3.57. The molecule has 2 aromatic rings. The van der Waals surface area contributed by atoms with Gasteiger partial charge in [0.1, 0.15) is 11.9 Å². The second kappa shape index (κ2) is 5.85. The molecule has 4 heteroatoms. The lowest BCUT2D eigenvalue weighted by molar-refractivity contribution is -0.00777. The first-order chi connectivity index (χ1) is 12.6. The van der Waals surface area contributed by atoms with Crippen molar-refractivity contribution in [2.75, 3.05) is 38.6 Å². The SMILES string of the molecule is CN(C)c1ccc2c(c1)C(=O)c1cc(O[C@H]3CN4CCC3CC4)ccc1-2. The van der Waals surface area contributed by atoms with Crippen LogP contribution in [0.5, 0.6) is 5.75 Å². The Balaban J connectivity index is 1.44. The molecule has 1 aliphatic carbocycles. The molecule has 3 heterocycles. The lowest BCUT2D eigenvalue weighted by atomic mass is 9.86. The molecule has 0 unspecified atom stereocenters. The Morgan fingerprint density at radius 2 is 1.65 bits per heavy atom. The second-order valence-corrected chi connectivity index (χ2v) is 7.96. The molecule has 0 N–H and O–H groups in total. The van der Waals surface area contributed by atoms with Gasteiger partial charge in [0, 0.05) is 37.5 Å². The molecule has 0 saturated carbocycles. The quantitative estimate of drug-likeness (QED) is 0.726. The fourth-order valence-electron chi connectivity index (χ4n) is 4.62. The van der Waals surface area contributed by atoms with Gasteiger partial charge in [0.25, 0.3) is 0 Å². The van der Waals surface area contributed by atoms with Crippen LogP contribution in [0.3, 0.4) is 0 Å². The van der Waals surface area contributed by atoms with E-state index in [-0.39, 0.29) is 11.9 Å². The van der Waals surface area contributed by atoms with Crippen molar-refractivity contribution in [1.29, 1.82) is 0 Å². The van der Waals surface area contributed by atoms with E-state index in [1.54, 1.807) is 0 Å². The highest BCUT2D eigenvalue weighted by Crippen LogP contribution is 2.40. The molecule has 26 heavy (non-hydrogen) atoms. The highest BCUT2D eigenvalue weighted by Gasteiger charge is 2.36. The smallest absolute Gasteiger partial charge is 0.194 e. The number of hydrogen-bond donors (Lipinski definition) is 0. The van der Waals surface area contributed by atoms with Crippen LogP contribution in [-0.4, -0.2) is 50.5 Å². The number of piperidine rings is 3. The monoisotopic (exact) mass is 348 g/mol. The highest BCUT2D eigenvalue weighted by molar-refractivity contribution is 6.22. The van der Waals surface area contributed by atoms with E-state index in [1.807, 2.05) is 43.3 Å². The lowest BCUT2D eigenvalue weighted by Crippen LogP contribution is -2.52. The first kappa shape index (κ1) is 15.9. The third-order valence-corrected chi connectivity index (χ3v) is 6.17. The number of fused-ring (bicyclic) bond motifs is 6. The van der Waals surface area contributed by atoms with Gasteiger partial charge in [0.2, 0.25) is 0 Å². The van der Waals surface area contributed by atoms with Gasteiger partial charge in [-0.1, -0.05) is 6.07 Å². The van der Waals surface area contributed by atoms with Crippen molar-refractivity contribution >= 4 is 11.5 Å². The van der Waals surface area contributed by atoms with Crippen molar-refractivity contribution in [2.45, 2.75) is 18.9 Å². The van der Waals surface area contributed by atoms with Crippen molar-refractivity contribution in [3.05, 3.63) is 47.5 Å². The van der Waals surface area contributed by atoms with Crippen LogP contribution in [0, 0.1) is 5.92 Å². The number of carbonyl (C=O) groups excluding carboxylic acids is 1. The molecule has 4 aliphatic rings. The van der Waals surface area contributed by atoms with Crippen LogP contribution in [0.4, 0.5) is 5.69 Å². The normalized spacial score (nSPS) is 25.8. The molecule has 3 saturated heterocycles. The standard InChI is InChI=1S/C22H24N2O2/c1-23(2)15-3-5-17-18-6-4-16(12-20(18)22(25)19(17)11-15)26-21-13-24-9-7-14(21)8-10-24/h3-6,11-12,14,21H,7-10,13H2,1-2H3/t21-/m0/s1. The minimum absolute atomic E-state index is 0.109. The maximum atomic E-state index is 13.0. The summed E-state index contributed by atoms with van der Waals surface area (Å²) >= 11 is 0. The summed E-state index contributed by atoms with van der Waals surface area (Å²) in [5.74, 6) is 1.60. The Morgan fingerprint density at radius 1 is 0.962 bits per heavy atom. The van der Waals surface area contributed by atoms with Crippen LogP contribution in [-0.2, 0) is 0 Å². The van der Waals surface area contributed by atoms with Crippen molar-refractivity contribution in [1.82, 2.24) is 4.90 Å². The summed E-state index contributed by atoms with van der Waals surface area (Å²) < 4.78 is 6.32. The van der Waals surface area contributed by atoms with Gasteiger partial charge in [0.05, 0.1) is 0 Å². The molecular formula is C22H24N2O2. The molecule has 0 amide bonds. The van der Waals surface area contributed by atoms with Gasteiger partial charge in [-0.25, -0.2) is 0 Å². The Hall–Kier alpha value is -2.33. The summed E-state index contributed by atoms with van der Waals surface area (Å²) in [7, 11) is 3.99. The van der Waals surface area contributed by atoms with Crippen molar-refractivity contribution in [3.63, 3.8) is 0 Å². The Bertz CT molecular complexity index is 882. The van der Waals surface area contributed by atoms with Gasteiger partial charge in [-0.15, -0.1) is 0 Å². The largest absolute Gasteiger partial charge is 0.489 e. The lowest BCUT2D eigenvalue weighted by Gasteiger charge is -2.44. The number of carbonyl (C=O) groups is 1. The molecule has 0 aromatic heterocycles. The molecule has 6 rings (SSSR count). The number of rotatable bonds is 3. The first-order valence-electron chi connectivity index (χ1n) is 9.49. The summed E-state index contributed by atoms with van der Waals surface area (Å²) in [4.78, 5) is 17.5. The number of anilines is 1. The van der Waals surface area contributed by atoms with Crippen molar-refractivity contribution in [2.24, 2.45) is 5.92 Å². The predicted octanol–water partition coefficient (Wildman–Crippen LogP) is 3.44. The first-order valence-corrected chi connectivity index (χ1v) is 9.49. The van der Waals surface area contributed by atoms with Crippen LogP contribution in [0.25, 0.3) is 11.1 Å². The van der Waals surface area contributed by atoms with Gasteiger partial charge >= 0.3 is 0 Å². The van der Waals surface area contributed by atoms with E-state index in [0.717, 1.165) is 40.2 Å². The maximum absolute atomic E-state index is 13.0. The zero-order valence-corrected chi connectivity index (χ0v) is 15.4. The van der Waals surface area contributed by atoms with Gasteiger partial charge < -0.3 is 9.64 Å². The van der Waals surface area contributed by atoms with Crippen LogP contribution >= 0.6 is 0 Å². The molecule has 134 valence electrons. The van der Waals surface area contributed by atoms with Crippen LogP contribution < -0.4 is 9.64 Å². The topological polar surface area (TPSA) is 32.8 Å². The van der Waals surface area contributed by atoms with Gasteiger partial charge in [-0.05, 0) is 73.3 Å². The molecule has 4 nitrogen and oxygen atoms in total. The van der Waals surface area contributed by atoms with Crippen LogP contribution in [0.15, 0.2) is 36.4 Å². The minimum atomic E-state index is 0.109. The maximum Gasteiger partial charge on any atom is 0.194 e. The number of ether oxygens (including phenoxy) is 1. The molecule has 2 bridgehead atoms. The van der Waals surface area contributed by atoms with Gasteiger partial charge in [-0.3, -0.25) is 9.69 Å². The predicted molar refractivity (Wildman–Crippen MR) is 103 cm³/mol. The number of ketones is 1. The summed E-state index contributed by atoms with van der Waals surface area (Å²) in [5, 5.41) is 0. The number of nitrogens with zero attached hydrogens (tertiary/aromatic N) is 2. The Morgan fingerprint density at radius 3 is 2.31 bits per heavy atom. The molecule has 3 aliphatic heterocycles. The zero-order chi connectivity index (χ0) is 17.8.